The lowest BCUT2D eigenvalue weighted by Crippen LogP contribution is -2.34. The molecule has 1 rings (SSSR count). The molecular weight excluding hydrogens is 262 g/mol. The van der Waals surface area contributed by atoms with Crippen molar-refractivity contribution in [2.24, 2.45) is 10.8 Å². The predicted molar refractivity (Wildman–Crippen MR) is 65.0 cm³/mol. The third kappa shape index (κ3) is 3.92. The van der Waals surface area contributed by atoms with E-state index < -0.39 is 23.1 Å². The van der Waals surface area contributed by atoms with Crippen LogP contribution < -0.4 is 11.3 Å². The number of alkyl halides is 3. The van der Waals surface area contributed by atoms with Crippen molar-refractivity contribution in [2.75, 3.05) is 0 Å². The molecule has 0 atom stereocenters. The first-order valence-electron chi connectivity index (χ1n) is 5.49. The van der Waals surface area contributed by atoms with Gasteiger partial charge in [0, 0.05) is 0 Å². The van der Waals surface area contributed by atoms with Gasteiger partial charge in [-0.05, 0) is 32.9 Å². The highest BCUT2D eigenvalue weighted by Crippen LogP contribution is 2.32. The van der Waals surface area contributed by atoms with Crippen molar-refractivity contribution < 1.29 is 17.6 Å². The Morgan fingerprint density at radius 3 is 2.21 bits per heavy atom. The average Bonchev–Trinajstić information content (AvgIpc) is 2.23. The molecule has 3 N–H and O–H groups in total. The van der Waals surface area contributed by atoms with Gasteiger partial charge in [0.2, 0.25) is 0 Å². The summed E-state index contributed by atoms with van der Waals surface area (Å²) in [4.78, 5) is 4.05. The molecular formula is C12H15F4N3. The molecule has 0 radical (unpaired) electrons. The zero-order chi connectivity index (χ0) is 14.8. The van der Waals surface area contributed by atoms with Crippen molar-refractivity contribution in [2.45, 2.75) is 32.5 Å². The van der Waals surface area contributed by atoms with E-state index in [2.05, 4.69) is 10.4 Å². The van der Waals surface area contributed by atoms with Crippen LogP contribution in [0.2, 0.25) is 0 Å². The summed E-state index contributed by atoms with van der Waals surface area (Å²) in [5.41, 5.74) is -0.130. The minimum Gasteiger partial charge on any atom is -0.308 e. The standard InChI is InChI=1S/C12H15F4N3/c1-11(2,3)18-10(19-17)7-5-4-6-8(9(7)13)12(14,15)16/h4-6H,17H2,1-3H3,(H,18,19). The van der Waals surface area contributed by atoms with Gasteiger partial charge in [-0.2, -0.15) is 13.2 Å². The van der Waals surface area contributed by atoms with Crippen molar-refractivity contribution >= 4 is 5.84 Å². The first-order chi connectivity index (χ1) is 8.56. The summed E-state index contributed by atoms with van der Waals surface area (Å²) in [5, 5.41) is 0. The third-order valence-corrected chi connectivity index (χ3v) is 2.14. The van der Waals surface area contributed by atoms with Crippen molar-refractivity contribution in [3.05, 3.63) is 35.1 Å². The second-order valence-electron chi connectivity index (χ2n) is 4.94. The number of nitrogens with zero attached hydrogens (tertiary/aromatic N) is 1. The van der Waals surface area contributed by atoms with Crippen LogP contribution >= 0.6 is 0 Å². The second kappa shape index (κ2) is 5.16. The van der Waals surface area contributed by atoms with Crippen LogP contribution in [0.25, 0.3) is 0 Å². The fourth-order valence-electron chi connectivity index (χ4n) is 1.44. The Morgan fingerprint density at radius 2 is 1.79 bits per heavy atom. The van der Waals surface area contributed by atoms with Gasteiger partial charge in [0.1, 0.15) is 11.7 Å². The van der Waals surface area contributed by atoms with E-state index in [4.69, 9.17) is 5.84 Å². The number of rotatable bonds is 1. The quantitative estimate of drug-likeness (QED) is 0.273. The molecule has 0 heterocycles. The Balaban J connectivity index is 3.40. The lowest BCUT2D eigenvalue weighted by molar-refractivity contribution is -0.140. The normalized spacial score (nSPS) is 13.6. The van der Waals surface area contributed by atoms with Crippen LogP contribution in [-0.2, 0) is 6.18 Å². The van der Waals surface area contributed by atoms with Crippen molar-refractivity contribution in [1.29, 1.82) is 0 Å². The van der Waals surface area contributed by atoms with Crippen molar-refractivity contribution in [3.8, 4) is 0 Å². The highest BCUT2D eigenvalue weighted by molar-refractivity contribution is 5.99. The lowest BCUT2D eigenvalue weighted by Gasteiger charge is -2.17. The summed E-state index contributed by atoms with van der Waals surface area (Å²) in [5.74, 6) is 3.69. The topological polar surface area (TPSA) is 50.4 Å². The van der Waals surface area contributed by atoms with Crippen LogP contribution in [0.5, 0.6) is 0 Å². The number of halogens is 4. The van der Waals surface area contributed by atoms with Crippen molar-refractivity contribution in [3.63, 3.8) is 0 Å². The van der Waals surface area contributed by atoms with Crippen LogP contribution in [0.15, 0.2) is 23.2 Å². The van der Waals surface area contributed by atoms with Gasteiger partial charge < -0.3 is 5.43 Å². The minimum absolute atomic E-state index is 0.129. The first-order valence-corrected chi connectivity index (χ1v) is 5.49. The minimum atomic E-state index is -4.76. The number of aliphatic imine (C=N–C) groups is 1. The predicted octanol–water partition coefficient (Wildman–Crippen LogP) is 2.85. The molecule has 1 aromatic rings. The van der Waals surface area contributed by atoms with Crippen molar-refractivity contribution in [1.82, 2.24) is 5.43 Å². The van der Waals surface area contributed by atoms with E-state index in [-0.39, 0.29) is 11.4 Å². The zero-order valence-electron chi connectivity index (χ0n) is 10.8. The number of nitrogens with one attached hydrogen (secondary N) is 1. The number of amidine groups is 1. The van der Waals surface area contributed by atoms with Gasteiger partial charge in [0.15, 0.2) is 0 Å². The molecule has 19 heavy (non-hydrogen) atoms. The fraction of sp³-hybridized carbons (Fsp3) is 0.417. The average molecular weight is 277 g/mol. The molecule has 0 unspecified atom stereocenters. The number of hydrogen-bond acceptors (Lipinski definition) is 2. The zero-order valence-corrected chi connectivity index (χ0v) is 10.8. The van der Waals surface area contributed by atoms with Crippen LogP contribution in [0, 0.1) is 5.82 Å². The Kier molecular flexibility index (Phi) is 4.19. The molecule has 0 bridgehead atoms. The summed E-state index contributed by atoms with van der Waals surface area (Å²) in [6, 6.07) is 2.97. The number of benzene rings is 1. The molecule has 1 aromatic carbocycles. The van der Waals surface area contributed by atoms with Crippen LogP contribution in [0.1, 0.15) is 31.9 Å². The van der Waals surface area contributed by atoms with Gasteiger partial charge in [-0.3, -0.25) is 4.99 Å². The lowest BCUT2D eigenvalue weighted by atomic mass is 10.1. The third-order valence-electron chi connectivity index (χ3n) is 2.14. The summed E-state index contributed by atoms with van der Waals surface area (Å²) in [6.45, 7) is 5.15. The Labute approximate surface area is 108 Å². The van der Waals surface area contributed by atoms with E-state index in [1.54, 1.807) is 20.8 Å². The fourth-order valence-corrected chi connectivity index (χ4v) is 1.44. The molecule has 0 spiro atoms. The monoisotopic (exact) mass is 277 g/mol. The molecule has 0 aliphatic rings. The van der Waals surface area contributed by atoms with E-state index in [1.807, 2.05) is 0 Å². The molecule has 7 heteroatoms. The first kappa shape index (κ1) is 15.4. The second-order valence-corrected chi connectivity index (χ2v) is 4.94. The molecule has 0 aromatic heterocycles. The Bertz CT molecular complexity index is 487. The highest BCUT2D eigenvalue weighted by atomic mass is 19.4. The maximum absolute atomic E-state index is 13.9. The number of hydrazine groups is 1. The van der Waals surface area contributed by atoms with Gasteiger partial charge in [-0.1, -0.05) is 6.07 Å². The summed E-state index contributed by atoms with van der Waals surface area (Å²) < 4.78 is 51.7. The molecule has 3 nitrogen and oxygen atoms in total. The van der Waals surface area contributed by atoms with Crippen LogP contribution in [-0.4, -0.2) is 11.4 Å². The molecule has 0 saturated carbocycles. The summed E-state index contributed by atoms with van der Waals surface area (Å²) in [6.07, 6.45) is -4.76. The maximum Gasteiger partial charge on any atom is 0.419 e. The Morgan fingerprint density at radius 1 is 1.21 bits per heavy atom. The van der Waals surface area contributed by atoms with E-state index in [1.165, 1.54) is 6.07 Å². The van der Waals surface area contributed by atoms with Crippen LogP contribution in [0.4, 0.5) is 17.6 Å². The SMILES string of the molecule is CC(C)(C)N=C(NN)c1cccc(C(F)(F)F)c1F. The summed E-state index contributed by atoms with van der Waals surface area (Å²) >= 11 is 0. The molecule has 0 aliphatic heterocycles. The van der Waals surface area contributed by atoms with Gasteiger partial charge in [-0.25, -0.2) is 10.2 Å². The molecule has 0 aliphatic carbocycles. The van der Waals surface area contributed by atoms with Gasteiger partial charge in [0.25, 0.3) is 0 Å². The van der Waals surface area contributed by atoms with E-state index >= 15 is 0 Å². The smallest absolute Gasteiger partial charge is 0.308 e. The van der Waals surface area contributed by atoms with E-state index in [0.717, 1.165) is 6.07 Å². The van der Waals surface area contributed by atoms with Gasteiger partial charge >= 0.3 is 6.18 Å². The molecule has 0 amide bonds. The summed E-state index contributed by atoms with van der Waals surface area (Å²) in [7, 11) is 0. The van der Waals surface area contributed by atoms with Crippen LogP contribution in [0.3, 0.4) is 0 Å². The molecule has 106 valence electrons. The largest absolute Gasteiger partial charge is 0.419 e. The van der Waals surface area contributed by atoms with Gasteiger partial charge in [0.05, 0.1) is 16.7 Å². The molecule has 0 fully saturated rings. The Hall–Kier alpha value is -1.63. The van der Waals surface area contributed by atoms with E-state index in [0.29, 0.717) is 6.07 Å². The molecule has 0 saturated heterocycles. The highest BCUT2D eigenvalue weighted by Gasteiger charge is 2.35. The van der Waals surface area contributed by atoms with E-state index in [9.17, 15) is 17.6 Å². The number of nitrogens with two attached hydrogens (primary N) is 1. The maximum atomic E-state index is 13.9. The van der Waals surface area contributed by atoms with Gasteiger partial charge in [-0.15, -0.1) is 0 Å². The number of hydrogen-bond donors (Lipinski definition) is 2.